The monoisotopic (exact) mass is 464 g/mol. The van der Waals surface area contributed by atoms with E-state index in [4.69, 9.17) is 11.6 Å². The second kappa shape index (κ2) is 8.43. The van der Waals surface area contributed by atoms with Gasteiger partial charge in [0, 0.05) is 48.9 Å². The lowest BCUT2D eigenvalue weighted by molar-refractivity contribution is -0.384. The third-order valence-electron chi connectivity index (χ3n) is 5.46. The SMILES string of the molecule is O=C(c1cccc([N+](=O)[O-])c1)N1CCN(c2ncnc3c2nnn3-c2ccc(Cl)cc2)CC1. The minimum absolute atomic E-state index is 0.105. The number of amides is 1. The number of halogens is 1. The minimum Gasteiger partial charge on any atom is -0.351 e. The summed E-state index contributed by atoms with van der Waals surface area (Å²) < 4.78 is 1.62. The van der Waals surface area contributed by atoms with Crippen molar-refractivity contribution < 1.29 is 9.72 Å². The highest BCUT2D eigenvalue weighted by Gasteiger charge is 2.26. The number of benzene rings is 2. The maximum Gasteiger partial charge on any atom is 0.270 e. The van der Waals surface area contributed by atoms with Gasteiger partial charge in [0.15, 0.2) is 17.0 Å². The number of rotatable bonds is 4. The molecule has 1 saturated heterocycles. The first-order valence-electron chi connectivity index (χ1n) is 10.1. The van der Waals surface area contributed by atoms with Gasteiger partial charge in [-0.1, -0.05) is 22.9 Å². The minimum atomic E-state index is -0.508. The third kappa shape index (κ3) is 3.94. The Morgan fingerprint density at radius 3 is 2.52 bits per heavy atom. The first-order chi connectivity index (χ1) is 16.0. The summed E-state index contributed by atoms with van der Waals surface area (Å²) in [5.74, 6) is 0.405. The molecule has 0 saturated carbocycles. The molecule has 1 aliphatic heterocycles. The molecule has 1 fully saturated rings. The molecule has 5 rings (SSSR count). The highest BCUT2D eigenvalue weighted by Crippen LogP contribution is 2.24. The number of hydrogen-bond acceptors (Lipinski definition) is 8. The fraction of sp³-hybridized carbons (Fsp3) is 0.190. The average molecular weight is 465 g/mol. The van der Waals surface area contributed by atoms with Crippen LogP contribution in [-0.2, 0) is 0 Å². The Morgan fingerprint density at radius 1 is 1.03 bits per heavy atom. The molecule has 0 unspecified atom stereocenters. The number of nitrogens with zero attached hydrogens (tertiary/aromatic N) is 8. The molecule has 0 radical (unpaired) electrons. The van der Waals surface area contributed by atoms with E-state index in [-0.39, 0.29) is 11.6 Å². The van der Waals surface area contributed by atoms with Crippen molar-refractivity contribution in [3.05, 3.63) is 75.6 Å². The number of aromatic nitrogens is 5. The molecule has 1 aliphatic rings. The Morgan fingerprint density at radius 2 is 1.79 bits per heavy atom. The van der Waals surface area contributed by atoms with Crippen LogP contribution in [0.2, 0.25) is 5.02 Å². The fourth-order valence-corrected chi connectivity index (χ4v) is 3.91. The topological polar surface area (TPSA) is 123 Å². The average Bonchev–Trinajstić information content (AvgIpc) is 3.28. The van der Waals surface area contributed by atoms with Crippen molar-refractivity contribution in [3.63, 3.8) is 0 Å². The fourth-order valence-electron chi connectivity index (χ4n) is 3.78. The second-order valence-corrected chi connectivity index (χ2v) is 7.87. The Labute approximate surface area is 192 Å². The van der Waals surface area contributed by atoms with E-state index in [1.54, 1.807) is 27.8 Å². The molecule has 0 spiro atoms. The van der Waals surface area contributed by atoms with Crippen LogP contribution in [0.1, 0.15) is 10.4 Å². The maximum absolute atomic E-state index is 12.8. The number of carbonyl (C=O) groups excluding carboxylic acids is 1. The van der Waals surface area contributed by atoms with Crippen molar-refractivity contribution >= 4 is 40.2 Å². The normalized spacial score (nSPS) is 14.0. The Balaban J connectivity index is 1.34. The number of non-ortho nitro benzene ring substituents is 1. The first-order valence-corrected chi connectivity index (χ1v) is 10.5. The van der Waals surface area contributed by atoms with Gasteiger partial charge in [0.25, 0.3) is 11.6 Å². The summed E-state index contributed by atoms with van der Waals surface area (Å²) in [6.45, 7) is 1.94. The van der Waals surface area contributed by atoms with Gasteiger partial charge < -0.3 is 9.80 Å². The number of hydrogen-bond donors (Lipinski definition) is 0. The van der Waals surface area contributed by atoms with Crippen LogP contribution >= 0.6 is 11.6 Å². The number of fused-ring (bicyclic) bond motifs is 1. The Kier molecular flexibility index (Phi) is 5.31. The van der Waals surface area contributed by atoms with Crippen molar-refractivity contribution in [1.29, 1.82) is 0 Å². The molecule has 1 amide bonds. The molecule has 12 heteroatoms. The van der Waals surface area contributed by atoms with E-state index in [9.17, 15) is 14.9 Å². The number of nitro benzene ring substituents is 1. The zero-order valence-corrected chi connectivity index (χ0v) is 18.0. The van der Waals surface area contributed by atoms with Crippen LogP contribution in [0.5, 0.6) is 0 Å². The van der Waals surface area contributed by atoms with Gasteiger partial charge in [-0.25, -0.2) is 9.97 Å². The number of carbonyl (C=O) groups is 1. The van der Waals surface area contributed by atoms with E-state index in [1.807, 2.05) is 17.0 Å². The molecule has 4 aromatic rings. The summed E-state index contributed by atoms with van der Waals surface area (Å²) in [6.07, 6.45) is 1.47. The van der Waals surface area contributed by atoms with Crippen LogP contribution in [0.3, 0.4) is 0 Å². The molecular formula is C21H17ClN8O3. The van der Waals surface area contributed by atoms with Crippen molar-refractivity contribution in [2.75, 3.05) is 31.1 Å². The van der Waals surface area contributed by atoms with E-state index in [2.05, 4.69) is 20.3 Å². The standard InChI is InChI=1S/C21H17ClN8O3/c22-15-4-6-16(7-5-15)29-20-18(25-26-29)19(23-13-24-20)27-8-10-28(11-9-27)21(31)14-2-1-3-17(12-14)30(32)33/h1-7,12-13H,8-11H2. The van der Waals surface area contributed by atoms with Crippen LogP contribution in [0.4, 0.5) is 11.5 Å². The predicted molar refractivity (Wildman–Crippen MR) is 121 cm³/mol. The van der Waals surface area contributed by atoms with Gasteiger partial charge in [-0.05, 0) is 30.3 Å². The summed E-state index contributed by atoms with van der Waals surface area (Å²) in [4.78, 5) is 35.8. The van der Waals surface area contributed by atoms with Crippen molar-refractivity contribution in [2.45, 2.75) is 0 Å². The number of nitro groups is 1. The second-order valence-electron chi connectivity index (χ2n) is 7.43. The highest BCUT2D eigenvalue weighted by atomic mass is 35.5. The molecule has 0 atom stereocenters. The Hall–Kier alpha value is -4.12. The smallest absolute Gasteiger partial charge is 0.270 e. The van der Waals surface area contributed by atoms with E-state index >= 15 is 0 Å². The van der Waals surface area contributed by atoms with Crippen molar-refractivity contribution in [1.82, 2.24) is 29.9 Å². The first kappa shape index (κ1) is 20.8. The van der Waals surface area contributed by atoms with Gasteiger partial charge >= 0.3 is 0 Å². The highest BCUT2D eigenvalue weighted by molar-refractivity contribution is 6.30. The van der Waals surface area contributed by atoms with Gasteiger partial charge in [0.05, 0.1) is 10.6 Å². The van der Waals surface area contributed by atoms with Crippen LogP contribution in [0, 0.1) is 10.1 Å². The number of piperazine rings is 1. The molecule has 0 aliphatic carbocycles. The molecule has 166 valence electrons. The van der Waals surface area contributed by atoms with Crippen molar-refractivity contribution in [2.24, 2.45) is 0 Å². The van der Waals surface area contributed by atoms with Gasteiger partial charge in [-0.15, -0.1) is 5.10 Å². The van der Waals surface area contributed by atoms with E-state index in [0.717, 1.165) is 5.69 Å². The molecule has 3 heterocycles. The summed E-state index contributed by atoms with van der Waals surface area (Å²) in [5, 5.41) is 20.2. The quantitative estimate of drug-likeness (QED) is 0.333. The molecule has 11 nitrogen and oxygen atoms in total. The third-order valence-corrected chi connectivity index (χ3v) is 5.71. The lowest BCUT2D eigenvalue weighted by Crippen LogP contribution is -2.49. The maximum atomic E-state index is 12.8. The molecule has 2 aromatic heterocycles. The summed E-state index contributed by atoms with van der Waals surface area (Å²) in [7, 11) is 0. The van der Waals surface area contributed by atoms with E-state index in [0.29, 0.717) is 53.7 Å². The van der Waals surface area contributed by atoms with Gasteiger partial charge in [-0.2, -0.15) is 4.68 Å². The zero-order valence-electron chi connectivity index (χ0n) is 17.2. The molecule has 0 bridgehead atoms. The largest absolute Gasteiger partial charge is 0.351 e. The van der Waals surface area contributed by atoms with Crippen LogP contribution < -0.4 is 4.90 Å². The predicted octanol–water partition coefficient (Wildman–Crippen LogP) is 2.73. The summed E-state index contributed by atoms with van der Waals surface area (Å²) in [5.41, 5.74) is 2.10. The zero-order chi connectivity index (χ0) is 22.9. The van der Waals surface area contributed by atoms with Crippen molar-refractivity contribution in [3.8, 4) is 5.69 Å². The van der Waals surface area contributed by atoms with Crippen LogP contribution in [-0.4, -0.2) is 66.9 Å². The Bertz CT molecular complexity index is 1350. The summed E-state index contributed by atoms with van der Waals surface area (Å²) in [6, 6.07) is 13.0. The molecular weight excluding hydrogens is 448 g/mol. The molecule has 33 heavy (non-hydrogen) atoms. The van der Waals surface area contributed by atoms with E-state index in [1.165, 1.54) is 24.5 Å². The number of anilines is 1. The lowest BCUT2D eigenvalue weighted by Gasteiger charge is -2.35. The summed E-state index contributed by atoms with van der Waals surface area (Å²) >= 11 is 5.98. The molecule has 0 N–H and O–H groups in total. The lowest BCUT2D eigenvalue weighted by atomic mass is 10.1. The van der Waals surface area contributed by atoms with Gasteiger partial charge in [-0.3, -0.25) is 14.9 Å². The van der Waals surface area contributed by atoms with E-state index < -0.39 is 4.92 Å². The molecule has 2 aromatic carbocycles. The van der Waals surface area contributed by atoms with Crippen LogP contribution in [0.15, 0.2) is 54.9 Å². The van der Waals surface area contributed by atoms with Gasteiger partial charge in [0.2, 0.25) is 0 Å². The van der Waals surface area contributed by atoms with Gasteiger partial charge in [0.1, 0.15) is 6.33 Å². The van der Waals surface area contributed by atoms with Crippen LogP contribution in [0.25, 0.3) is 16.9 Å².